The summed E-state index contributed by atoms with van der Waals surface area (Å²) in [6, 6.07) is 6.08. The van der Waals surface area contributed by atoms with Crippen LogP contribution in [-0.2, 0) is 16.0 Å². The topological polar surface area (TPSA) is 61.4 Å². The first-order valence-corrected chi connectivity index (χ1v) is 10.8. The number of hydrogen-bond acceptors (Lipinski definition) is 4. The van der Waals surface area contributed by atoms with Crippen molar-refractivity contribution >= 4 is 23.6 Å². The number of nitrogens with zero attached hydrogens (tertiary/aromatic N) is 1. The molecule has 4 rings (SSSR count). The third kappa shape index (κ3) is 3.99. The number of hydrogen-bond donors (Lipinski definition) is 2. The van der Waals surface area contributed by atoms with Crippen LogP contribution in [-0.4, -0.2) is 59.9 Å². The number of benzene rings is 1. The van der Waals surface area contributed by atoms with Crippen LogP contribution in [0, 0.1) is 11.2 Å². The molecule has 5 nitrogen and oxygen atoms in total. The highest BCUT2D eigenvalue weighted by atomic mass is 32.2. The van der Waals surface area contributed by atoms with E-state index in [1.54, 1.807) is 18.2 Å². The second-order valence-electron chi connectivity index (χ2n) is 7.93. The van der Waals surface area contributed by atoms with Gasteiger partial charge in [0.05, 0.1) is 5.25 Å². The number of carbonyl (C=O) groups excluding carboxylic acids is 2. The van der Waals surface area contributed by atoms with Crippen LogP contribution >= 0.6 is 11.8 Å². The number of piperidine rings is 1. The van der Waals surface area contributed by atoms with Crippen LogP contribution in [0.5, 0.6) is 0 Å². The van der Waals surface area contributed by atoms with E-state index in [2.05, 4.69) is 10.6 Å². The van der Waals surface area contributed by atoms with Gasteiger partial charge in [-0.3, -0.25) is 9.59 Å². The van der Waals surface area contributed by atoms with Gasteiger partial charge in [-0.1, -0.05) is 18.2 Å². The van der Waals surface area contributed by atoms with Crippen molar-refractivity contribution in [2.45, 2.75) is 37.0 Å². The van der Waals surface area contributed by atoms with E-state index in [0.717, 1.165) is 39.0 Å². The van der Waals surface area contributed by atoms with Gasteiger partial charge in [-0.15, -0.1) is 11.8 Å². The van der Waals surface area contributed by atoms with Crippen LogP contribution in [0.2, 0.25) is 0 Å². The van der Waals surface area contributed by atoms with Gasteiger partial charge in [-0.25, -0.2) is 4.39 Å². The fourth-order valence-electron chi connectivity index (χ4n) is 4.39. The lowest BCUT2D eigenvalue weighted by Gasteiger charge is -2.40. The van der Waals surface area contributed by atoms with Crippen LogP contribution in [0.25, 0.3) is 0 Å². The van der Waals surface area contributed by atoms with Gasteiger partial charge in [-0.05, 0) is 49.3 Å². The second-order valence-corrected chi connectivity index (χ2v) is 9.17. The minimum Gasteiger partial charge on any atom is -0.343 e. The molecule has 3 aliphatic rings. The lowest BCUT2D eigenvalue weighted by atomic mass is 9.78. The first kappa shape index (κ1) is 18.7. The van der Waals surface area contributed by atoms with Gasteiger partial charge in [0.15, 0.2) is 0 Å². The zero-order valence-electron chi connectivity index (χ0n) is 15.4. The van der Waals surface area contributed by atoms with E-state index in [0.29, 0.717) is 23.2 Å². The summed E-state index contributed by atoms with van der Waals surface area (Å²) in [4.78, 5) is 27.2. The third-order valence-electron chi connectivity index (χ3n) is 6.20. The van der Waals surface area contributed by atoms with E-state index < -0.39 is 6.04 Å². The Bertz CT molecular complexity index is 713. The molecule has 0 aromatic heterocycles. The summed E-state index contributed by atoms with van der Waals surface area (Å²) in [5.74, 6) is 0.127. The SMILES string of the molecule is O=C1NC(C(=O)N2CCC3(CCNC3)CC2)CSC1Cc1ccccc1F. The van der Waals surface area contributed by atoms with Gasteiger partial charge in [0.1, 0.15) is 11.9 Å². The molecule has 0 aliphatic carbocycles. The van der Waals surface area contributed by atoms with Crippen molar-refractivity contribution in [2.75, 3.05) is 31.9 Å². The number of halogens is 1. The molecule has 3 fully saturated rings. The van der Waals surface area contributed by atoms with Gasteiger partial charge < -0.3 is 15.5 Å². The molecule has 146 valence electrons. The normalized spacial score (nSPS) is 27.6. The molecule has 2 amide bonds. The zero-order valence-corrected chi connectivity index (χ0v) is 16.2. The highest BCUT2D eigenvalue weighted by molar-refractivity contribution is 8.00. The summed E-state index contributed by atoms with van der Waals surface area (Å²) >= 11 is 1.46. The summed E-state index contributed by atoms with van der Waals surface area (Å²) in [6.07, 6.45) is 3.62. The van der Waals surface area contributed by atoms with E-state index in [1.165, 1.54) is 24.2 Å². The predicted octanol–water partition coefficient (Wildman–Crippen LogP) is 1.57. The molecular formula is C20H26FN3O2S. The average molecular weight is 392 g/mol. The molecule has 7 heteroatoms. The van der Waals surface area contributed by atoms with Crippen LogP contribution in [0.3, 0.4) is 0 Å². The molecule has 1 aromatic carbocycles. The van der Waals surface area contributed by atoms with E-state index in [9.17, 15) is 14.0 Å². The van der Waals surface area contributed by atoms with E-state index in [1.807, 2.05) is 4.90 Å². The Morgan fingerprint density at radius 3 is 2.70 bits per heavy atom. The molecular weight excluding hydrogens is 365 g/mol. The molecule has 1 aromatic rings. The Kier molecular flexibility index (Phi) is 5.41. The van der Waals surface area contributed by atoms with Crippen molar-refractivity contribution in [1.82, 2.24) is 15.5 Å². The lowest BCUT2D eigenvalue weighted by molar-refractivity contribution is -0.137. The number of nitrogens with one attached hydrogen (secondary N) is 2. The Labute approximate surface area is 163 Å². The number of amides is 2. The molecule has 0 bridgehead atoms. The fraction of sp³-hybridized carbons (Fsp3) is 0.600. The smallest absolute Gasteiger partial charge is 0.246 e. The van der Waals surface area contributed by atoms with Crippen molar-refractivity contribution in [3.63, 3.8) is 0 Å². The maximum absolute atomic E-state index is 13.8. The number of likely N-dealkylation sites (tertiary alicyclic amines) is 1. The molecule has 27 heavy (non-hydrogen) atoms. The van der Waals surface area contributed by atoms with Gasteiger partial charge in [0, 0.05) is 25.4 Å². The summed E-state index contributed by atoms with van der Waals surface area (Å²) in [5.41, 5.74) is 0.910. The minimum absolute atomic E-state index is 0.0287. The maximum atomic E-state index is 13.8. The molecule has 3 heterocycles. The number of rotatable bonds is 3. The number of carbonyl (C=O) groups is 2. The van der Waals surface area contributed by atoms with Gasteiger partial charge in [0.25, 0.3) is 0 Å². The summed E-state index contributed by atoms with van der Waals surface area (Å²) < 4.78 is 13.8. The quantitative estimate of drug-likeness (QED) is 0.821. The standard InChI is InChI=1S/C20H26FN3O2S/c21-15-4-2-1-3-14(15)11-17-18(25)23-16(12-27-17)19(26)24-9-6-20(7-10-24)5-8-22-13-20/h1-4,16-17,22H,5-13H2,(H,23,25). The van der Waals surface area contributed by atoms with Gasteiger partial charge >= 0.3 is 0 Å². The first-order valence-electron chi connectivity index (χ1n) is 9.71. The Balaban J connectivity index is 1.31. The second kappa shape index (κ2) is 7.80. The highest BCUT2D eigenvalue weighted by Gasteiger charge is 2.40. The number of thioether (sulfide) groups is 1. The minimum atomic E-state index is -0.463. The fourth-order valence-corrected chi connectivity index (χ4v) is 5.55. The largest absolute Gasteiger partial charge is 0.343 e. The Morgan fingerprint density at radius 1 is 1.26 bits per heavy atom. The van der Waals surface area contributed by atoms with Gasteiger partial charge in [-0.2, -0.15) is 0 Å². The van der Waals surface area contributed by atoms with E-state index >= 15 is 0 Å². The maximum Gasteiger partial charge on any atom is 0.246 e. The van der Waals surface area contributed by atoms with E-state index in [4.69, 9.17) is 0 Å². The molecule has 3 saturated heterocycles. The van der Waals surface area contributed by atoms with Crippen LogP contribution < -0.4 is 10.6 Å². The van der Waals surface area contributed by atoms with Crippen molar-refractivity contribution in [2.24, 2.45) is 5.41 Å². The van der Waals surface area contributed by atoms with Crippen molar-refractivity contribution in [3.05, 3.63) is 35.6 Å². The average Bonchev–Trinajstić information content (AvgIpc) is 3.13. The molecule has 2 N–H and O–H groups in total. The molecule has 1 spiro atoms. The molecule has 0 radical (unpaired) electrons. The molecule has 2 unspecified atom stereocenters. The summed E-state index contributed by atoms with van der Waals surface area (Å²) in [6.45, 7) is 3.68. The Hall–Kier alpha value is -1.60. The molecule has 3 aliphatic heterocycles. The monoisotopic (exact) mass is 391 g/mol. The lowest BCUT2D eigenvalue weighted by Crippen LogP contribution is -2.57. The third-order valence-corrected chi connectivity index (χ3v) is 7.51. The first-order chi connectivity index (χ1) is 13.1. The summed E-state index contributed by atoms with van der Waals surface area (Å²) in [5, 5.41) is 5.97. The highest BCUT2D eigenvalue weighted by Crippen LogP contribution is 2.37. The predicted molar refractivity (Wildman–Crippen MR) is 104 cm³/mol. The van der Waals surface area contributed by atoms with Crippen LogP contribution in [0.15, 0.2) is 24.3 Å². The Morgan fingerprint density at radius 2 is 2.04 bits per heavy atom. The van der Waals surface area contributed by atoms with E-state index in [-0.39, 0.29) is 22.9 Å². The van der Waals surface area contributed by atoms with Crippen LogP contribution in [0.4, 0.5) is 4.39 Å². The van der Waals surface area contributed by atoms with Crippen molar-refractivity contribution < 1.29 is 14.0 Å². The molecule has 2 atom stereocenters. The van der Waals surface area contributed by atoms with Gasteiger partial charge in [0.2, 0.25) is 11.8 Å². The molecule has 0 saturated carbocycles. The van der Waals surface area contributed by atoms with Crippen molar-refractivity contribution in [1.29, 1.82) is 0 Å². The van der Waals surface area contributed by atoms with Crippen LogP contribution in [0.1, 0.15) is 24.8 Å². The summed E-state index contributed by atoms with van der Waals surface area (Å²) in [7, 11) is 0. The van der Waals surface area contributed by atoms with Crippen molar-refractivity contribution in [3.8, 4) is 0 Å². The zero-order chi connectivity index (χ0) is 18.9.